The smallest absolute Gasteiger partial charge is 0.251 e. The van der Waals surface area contributed by atoms with Crippen molar-refractivity contribution in [3.8, 4) is 0 Å². The summed E-state index contributed by atoms with van der Waals surface area (Å²) in [5, 5.41) is 3.01. The highest BCUT2D eigenvalue weighted by Crippen LogP contribution is 2.14. The summed E-state index contributed by atoms with van der Waals surface area (Å²) < 4.78 is 0. The van der Waals surface area contributed by atoms with Gasteiger partial charge in [-0.1, -0.05) is 26.0 Å². The van der Waals surface area contributed by atoms with Crippen molar-refractivity contribution < 1.29 is 4.79 Å². The maximum absolute atomic E-state index is 12.1. The number of hydrogen-bond acceptors (Lipinski definition) is 3. The highest BCUT2D eigenvalue weighted by Gasteiger charge is 2.13. The lowest BCUT2D eigenvalue weighted by atomic mass is 10.0. The van der Waals surface area contributed by atoms with Gasteiger partial charge in [0.05, 0.1) is 0 Å². The molecule has 1 heterocycles. The van der Waals surface area contributed by atoms with Gasteiger partial charge in [-0.05, 0) is 30.7 Å². The standard InChI is InChI=1S/C17H27N3O/c1-14(2)15-4-6-16(7-5-15)17(21)18-8-9-20-12-10-19(3)11-13-20/h4-7,14H,8-13H2,1-3H3,(H,18,21). The van der Waals surface area contributed by atoms with Crippen LogP contribution in [-0.2, 0) is 0 Å². The van der Waals surface area contributed by atoms with Crippen molar-refractivity contribution in [1.82, 2.24) is 15.1 Å². The molecule has 0 radical (unpaired) electrons. The Hall–Kier alpha value is -1.39. The highest BCUT2D eigenvalue weighted by molar-refractivity contribution is 5.94. The van der Waals surface area contributed by atoms with Gasteiger partial charge in [0, 0.05) is 44.8 Å². The van der Waals surface area contributed by atoms with Gasteiger partial charge in [0.2, 0.25) is 0 Å². The molecule has 0 atom stereocenters. The number of amides is 1. The number of likely N-dealkylation sites (N-methyl/N-ethyl adjacent to an activating group) is 1. The van der Waals surface area contributed by atoms with Crippen molar-refractivity contribution in [2.24, 2.45) is 0 Å². The molecular weight excluding hydrogens is 262 g/mol. The number of carbonyl (C=O) groups is 1. The summed E-state index contributed by atoms with van der Waals surface area (Å²) in [5.74, 6) is 0.527. The molecule has 2 rings (SSSR count). The van der Waals surface area contributed by atoms with Crippen molar-refractivity contribution in [1.29, 1.82) is 0 Å². The molecule has 0 spiro atoms. The van der Waals surface area contributed by atoms with Crippen molar-refractivity contribution >= 4 is 5.91 Å². The molecule has 1 aliphatic heterocycles. The number of rotatable bonds is 5. The third-order valence-electron chi connectivity index (χ3n) is 4.15. The van der Waals surface area contributed by atoms with Gasteiger partial charge in [0.15, 0.2) is 0 Å². The minimum atomic E-state index is 0.0273. The van der Waals surface area contributed by atoms with E-state index in [0.717, 1.165) is 38.3 Å². The van der Waals surface area contributed by atoms with Gasteiger partial charge < -0.3 is 10.2 Å². The van der Waals surface area contributed by atoms with Crippen LogP contribution in [0.4, 0.5) is 0 Å². The maximum atomic E-state index is 12.1. The Morgan fingerprint density at radius 2 is 1.76 bits per heavy atom. The van der Waals surface area contributed by atoms with E-state index in [-0.39, 0.29) is 5.91 Å². The fourth-order valence-corrected chi connectivity index (χ4v) is 2.52. The average molecular weight is 289 g/mol. The van der Waals surface area contributed by atoms with Gasteiger partial charge in [0.25, 0.3) is 5.91 Å². The molecule has 1 aromatic carbocycles. The summed E-state index contributed by atoms with van der Waals surface area (Å²) in [6.45, 7) is 10.4. The lowest BCUT2D eigenvalue weighted by molar-refractivity contribution is 0.0941. The van der Waals surface area contributed by atoms with E-state index in [1.54, 1.807) is 0 Å². The van der Waals surface area contributed by atoms with Crippen LogP contribution in [-0.4, -0.2) is 62.0 Å². The first kappa shape index (κ1) is 16.0. The molecule has 21 heavy (non-hydrogen) atoms. The number of carbonyl (C=O) groups excluding carboxylic acids is 1. The quantitative estimate of drug-likeness (QED) is 0.897. The van der Waals surface area contributed by atoms with Crippen LogP contribution in [0.2, 0.25) is 0 Å². The summed E-state index contributed by atoms with van der Waals surface area (Å²) in [5.41, 5.74) is 2.02. The van der Waals surface area contributed by atoms with Gasteiger partial charge in [-0.25, -0.2) is 0 Å². The molecular formula is C17H27N3O. The fourth-order valence-electron chi connectivity index (χ4n) is 2.52. The molecule has 1 fully saturated rings. The van der Waals surface area contributed by atoms with E-state index in [2.05, 4.69) is 36.0 Å². The largest absolute Gasteiger partial charge is 0.351 e. The zero-order chi connectivity index (χ0) is 15.2. The molecule has 0 bridgehead atoms. The summed E-state index contributed by atoms with van der Waals surface area (Å²) in [4.78, 5) is 16.8. The Morgan fingerprint density at radius 1 is 1.14 bits per heavy atom. The molecule has 0 unspecified atom stereocenters. The van der Waals surface area contributed by atoms with E-state index in [9.17, 15) is 4.79 Å². The number of benzene rings is 1. The van der Waals surface area contributed by atoms with Crippen LogP contribution in [0.5, 0.6) is 0 Å². The van der Waals surface area contributed by atoms with E-state index < -0.39 is 0 Å². The minimum absolute atomic E-state index is 0.0273. The predicted molar refractivity (Wildman–Crippen MR) is 86.8 cm³/mol. The maximum Gasteiger partial charge on any atom is 0.251 e. The SMILES string of the molecule is CC(C)c1ccc(C(=O)NCCN2CCN(C)CC2)cc1. The molecule has 1 aromatic rings. The van der Waals surface area contributed by atoms with E-state index in [4.69, 9.17) is 0 Å². The predicted octanol–water partition coefficient (Wildman–Crippen LogP) is 1.79. The van der Waals surface area contributed by atoms with Crippen LogP contribution < -0.4 is 5.32 Å². The summed E-state index contributed by atoms with van der Waals surface area (Å²) in [6.07, 6.45) is 0. The van der Waals surface area contributed by atoms with E-state index in [1.807, 2.05) is 24.3 Å². The summed E-state index contributed by atoms with van der Waals surface area (Å²) >= 11 is 0. The Kier molecular flexibility index (Phi) is 5.76. The first-order chi connectivity index (χ1) is 10.1. The minimum Gasteiger partial charge on any atom is -0.351 e. The Labute approximate surface area is 128 Å². The van der Waals surface area contributed by atoms with Gasteiger partial charge in [-0.15, -0.1) is 0 Å². The van der Waals surface area contributed by atoms with Gasteiger partial charge in [-0.3, -0.25) is 9.69 Å². The monoisotopic (exact) mass is 289 g/mol. The molecule has 0 aliphatic carbocycles. The van der Waals surface area contributed by atoms with Gasteiger partial charge >= 0.3 is 0 Å². The molecule has 1 amide bonds. The fraction of sp³-hybridized carbons (Fsp3) is 0.588. The van der Waals surface area contributed by atoms with E-state index in [1.165, 1.54) is 5.56 Å². The molecule has 116 valence electrons. The molecule has 0 aromatic heterocycles. The van der Waals surface area contributed by atoms with Crippen molar-refractivity contribution in [2.75, 3.05) is 46.3 Å². The lowest BCUT2D eigenvalue weighted by Crippen LogP contribution is -2.46. The van der Waals surface area contributed by atoms with Crippen LogP contribution in [0.25, 0.3) is 0 Å². The second kappa shape index (κ2) is 7.57. The van der Waals surface area contributed by atoms with Crippen molar-refractivity contribution in [3.05, 3.63) is 35.4 Å². The zero-order valence-electron chi connectivity index (χ0n) is 13.4. The van der Waals surface area contributed by atoms with Crippen LogP contribution in [0.3, 0.4) is 0 Å². The lowest BCUT2D eigenvalue weighted by Gasteiger charge is -2.32. The molecule has 0 saturated carbocycles. The molecule has 4 heteroatoms. The van der Waals surface area contributed by atoms with Crippen LogP contribution in [0.15, 0.2) is 24.3 Å². The first-order valence-electron chi connectivity index (χ1n) is 7.85. The molecule has 1 N–H and O–H groups in total. The van der Waals surface area contributed by atoms with E-state index >= 15 is 0 Å². The molecule has 1 saturated heterocycles. The van der Waals surface area contributed by atoms with Crippen LogP contribution >= 0.6 is 0 Å². The number of nitrogens with one attached hydrogen (secondary N) is 1. The Morgan fingerprint density at radius 3 is 2.33 bits per heavy atom. The second-order valence-corrected chi connectivity index (χ2v) is 6.18. The van der Waals surface area contributed by atoms with Crippen molar-refractivity contribution in [3.63, 3.8) is 0 Å². The summed E-state index contributed by atoms with van der Waals surface area (Å²) in [7, 11) is 2.15. The number of hydrogen-bond donors (Lipinski definition) is 1. The van der Waals surface area contributed by atoms with Crippen LogP contribution in [0.1, 0.15) is 35.7 Å². The van der Waals surface area contributed by atoms with Gasteiger partial charge in [0.1, 0.15) is 0 Å². The Bertz CT molecular complexity index is 448. The van der Waals surface area contributed by atoms with Crippen molar-refractivity contribution in [2.45, 2.75) is 19.8 Å². The second-order valence-electron chi connectivity index (χ2n) is 6.18. The average Bonchev–Trinajstić information content (AvgIpc) is 2.49. The molecule has 1 aliphatic rings. The van der Waals surface area contributed by atoms with Crippen LogP contribution in [0, 0.1) is 0 Å². The summed E-state index contributed by atoms with van der Waals surface area (Å²) in [6, 6.07) is 7.92. The topological polar surface area (TPSA) is 35.6 Å². The number of piperazine rings is 1. The third kappa shape index (κ3) is 4.83. The number of nitrogens with zero attached hydrogens (tertiary/aromatic N) is 2. The van der Waals surface area contributed by atoms with Gasteiger partial charge in [-0.2, -0.15) is 0 Å². The Balaban J connectivity index is 1.74. The zero-order valence-corrected chi connectivity index (χ0v) is 13.4. The molecule has 4 nitrogen and oxygen atoms in total. The third-order valence-corrected chi connectivity index (χ3v) is 4.15. The first-order valence-corrected chi connectivity index (χ1v) is 7.85. The highest BCUT2D eigenvalue weighted by atomic mass is 16.1. The van der Waals surface area contributed by atoms with E-state index in [0.29, 0.717) is 12.5 Å². The normalized spacial score (nSPS) is 17.1.